The Kier molecular flexibility index (Phi) is 4.89. The van der Waals surface area contributed by atoms with E-state index in [2.05, 4.69) is 15.5 Å². The van der Waals surface area contributed by atoms with E-state index < -0.39 is 10.8 Å². The predicted molar refractivity (Wildman–Crippen MR) is 82.5 cm³/mol. The zero-order valence-corrected chi connectivity index (χ0v) is 13.1. The third-order valence-corrected chi connectivity index (χ3v) is 4.01. The van der Waals surface area contributed by atoms with Gasteiger partial charge in [-0.1, -0.05) is 0 Å². The first-order chi connectivity index (χ1) is 10.0. The molecule has 1 aromatic heterocycles. The first kappa shape index (κ1) is 15.4. The van der Waals surface area contributed by atoms with Crippen LogP contribution in [0, 0.1) is 0 Å². The van der Waals surface area contributed by atoms with Gasteiger partial charge >= 0.3 is 0 Å². The Morgan fingerprint density at radius 2 is 2.24 bits per heavy atom. The quantitative estimate of drug-likeness (QED) is 0.807. The van der Waals surface area contributed by atoms with Crippen molar-refractivity contribution >= 4 is 16.5 Å². The minimum atomic E-state index is -0.835. The zero-order valence-electron chi connectivity index (χ0n) is 12.3. The normalized spacial score (nSPS) is 13.9. The van der Waals surface area contributed by atoms with Crippen LogP contribution in [-0.2, 0) is 10.8 Å². The van der Waals surface area contributed by atoms with Crippen molar-refractivity contribution in [1.29, 1.82) is 0 Å². The largest absolute Gasteiger partial charge is 0.496 e. The van der Waals surface area contributed by atoms with Gasteiger partial charge in [0.1, 0.15) is 5.75 Å². The lowest BCUT2D eigenvalue weighted by Crippen LogP contribution is -2.12. The van der Waals surface area contributed by atoms with Crippen LogP contribution in [0.1, 0.15) is 19.4 Å². The molecule has 2 unspecified atom stereocenters. The second-order valence-electron chi connectivity index (χ2n) is 4.82. The van der Waals surface area contributed by atoms with E-state index in [9.17, 15) is 4.21 Å². The zero-order chi connectivity index (χ0) is 15.4. The van der Waals surface area contributed by atoms with E-state index in [1.54, 1.807) is 36.2 Å². The highest BCUT2D eigenvalue weighted by molar-refractivity contribution is 7.84. The number of rotatable bonds is 6. The van der Waals surface area contributed by atoms with Crippen molar-refractivity contribution in [3.8, 4) is 17.1 Å². The van der Waals surface area contributed by atoms with Gasteiger partial charge < -0.3 is 10.5 Å². The lowest BCUT2D eigenvalue weighted by molar-refractivity contribution is 0.414. The van der Waals surface area contributed by atoms with Crippen LogP contribution < -0.4 is 10.5 Å². The summed E-state index contributed by atoms with van der Waals surface area (Å²) in [5, 5.41) is 11.9. The number of hydrogen-bond donors (Lipinski definition) is 1. The first-order valence-corrected chi connectivity index (χ1v) is 8.27. The number of benzene rings is 1. The van der Waals surface area contributed by atoms with E-state index in [0.717, 1.165) is 12.0 Å². The Labute approximate surface area is 125 Å². The van der Waals surface area contributed by atoms with Gasteiger partial charge in [-0.05, 0) is 42.0 Å². The number of hydrogen-bond acceptors (Lipinski definition) is 6. The molecule has 21 heavy (non-hydrogen) atoms. The molecule has 0 saturated heterocycles. The Balaban J connectivity index is 2.36. The molecule has 0 fully saturated rings. The summed E-state index contributed by atoms with van der Waals surface area (Å²) in [5.74, 6) is 1.86. The summed E-state index contributed by atoms with van der Waals surface area (Å²) in [6.07, 6.45) is 2.42. The second-order valence-corrected chi connectivity index (χ2v) is 6.38. The molecule has 0 spiro atoms. The predicted octanol–water partition coefficient (Wildman–Crippen LogP) is 1.26. The molecule has 0 aliphatic carbocycles. The van der Waals surface area contributed by atoms with E-state index in [0.29, 0.717) is 23.0 Å². The van der Waals surface area contributed by atoms with Gasteiger partial charge in [0.2, 0.25) is 0 Å². The number of tetrazole rings is 1. The maximum atomic E-state index is 11.2. The Hall–Kier alpha value is -1.96. The SMILES string of the molecule is COc1ccc(N)cc1-c1nnnn1C(C)CCS(C)=O. The fourth-order valence-corrected chi connectivity index (χ4v) is 2.70. The lowest BCUT2D eigenvalue weighted by atomic mass is 10.1. The summed E-state index contributed by atoms with van der Waals surface area (Å²) in [4.78, 5) is 0. The van der Waals surface area contributed by atoms with Gasteiger partial charge in [0.15, 0.2) is 5.82 Å². The van der Waals surface area contributed by atoms with Crippen molar-refractivity contribution in [3.63, 3.8) is 0 Å². The average molecular weight is 309 g/mol. The number of nitrogen functional groups attached to an aromatic ring is 1. The van der Waals surface area contributed by atoms with Gasteiger partial charge in [0, 0.05) is 28.5 Å². The molecule has 1 heterocycles. The van der Waals surface area contributed by atoms with Crippen LogP contribution in [0.2, 0.25) is 0 Å². The smallest absolute Gasteiger partial charge is 0.186 e. The van der Waals surface area contributed by atoms with Gasteiger partial charge in [-0.25, -0.2) is 4.68 Å². The highest BCUT2D eigenvalue weighted by Crippen LogP contribution is 2.31. The molecule has 2 rings (SSSR count). The van der Waals surface area contributed by atoms with Crippen LogP contribution in [0.4, 0.5) is 5.69 Å². The summed E-state index contributed by atoms with van der Waals surface area (Å²) >= 11 is 0. The summed E-state index contributed by atoms with van der Waals surface area (Å²) in [6.45, 7) is 1.99. The van der Waals surface area contributed by atoms with Crippen LogP contribution in [0.15, 0.2) is 18.2 Å². The molecule has 0 radical (unpaired) electrons. The van der Waals surface area contributed by atoms with Crippen molar-refractivity contribution in [1.82, 2.24) is 20.2 Å². The first-order valence-electron chi connectivity index (χ1n) is 6.54. The standard InChI is InChI=1S/C13H19N5O2S/c1-9(6-7-21(3)19)18-13(15-16-17-18)11-8-10(14)4-5-12(11)20-2/h4-5,8-9H,6-7,14H2,1-3H3. The molecule has 1 aromatic carbocycles. The molecule has 2 aromatic rings. The molecule has 8 heteroatoms. The highest BCUT2D eigenvalue weighted by Gasteiger charge is 2.18. The Morgan fingerprint density at radius 3 is 2.90 bits per heavy atom. The molecule has 0 aliphatic rings. The van der Waals surface area contributed by atoms with E-state index in [-0.39, 0.29) is 6.04 Å². The second kappa shape index (κ2) is 6.66. The number of methoxy groups -OCH3 is 1. The minimum Gasteiger partial charge on any atom is -0.496 e. The van der Waals surface area contributed by atoms with Gasteiger partial charge in [0.05, 0.1) is 18.7 Å². The van der Waals surface area contributed by atoms with E-state index in [4.69, 9.17) is 10.5 Å². The Bertz CT molecular complexity index is 643. The number of nitrogens with zero attached hydrogens (tertiary/aromatic N) is 4. The van der Waals surface area contributed by atoms with Crippen LogP contribution in [0.5, 0.6) is 5.75 Å². The third kappa shape index (κ3) is 3.57. The summed E-state index contributed by atoms with van der Waals surface area (Å²) in [5.41, 5.74) is 7.20. The number of anilines is 1. The maximum Gasteiger partial charge on any atom is 0.186 e. The minimum absolute atomic E-state index is 0.0324. The van der Waals surface area contributed by atoms with Gasteiger partial charge in [-0.2, -0.15) is 0 Å². The molecule has 114 valence electrons. The van der Waals surface area contributed by atoms with Crippen molar-refractivity contribution in [3.05, 3.63) is 18.2 Å². The molecular formula is C13H19N5O2S. The van der Waals surface area contributed by atoms with Crippen molar-refractivity contribution in [2.45, 2.75) is 19.4 Å². The fourth-order valence-electron chi connectivity index (χ4n) is 2.03. The molecule has 0 bridgehead atoms. The number of aromatic nitrogens is 4. The molecule has 7 nitrogen and oxygen atoms in total. The van der Waals surface area contributed by atoms with Crippen LogP contribution in [-0.4, -0.2) is 43.5 Å². The molecule has 0 saturated carbocycles. The summed E-state index contributed by atoms with van der Waals surface area (Å²) in [7, 11) is 0.755. The monoisotopic (exact) mass is 309 g/mol. The van der Waals surface area contributed by atoms with Crippen molar-refractivity contribution in [2.75, 3.05) is 24.9 Å². The van der Waals surface area contributed by atoms with Gasteiger partial charge in [0.25, 0.3) is 0 Å². The fraction of sp³-hybridized carbons (Fsp3) is 0.462. The van der Waals surface area contributed by atoms with Gasteiger partial charge in [-0.15, -0.1) is 5.10 Å². The molecule has 0 aliphatic heterocycles. The number of ether oxygens (including phenoxy) is 1. The molecule has 2 atom stereocenters. The maximum absolute atomic E-state index is 11.2. The van der Waals surface area contributed by atoms with E-state index in [1.165, 1.54) is 0 Å². The highest BCUT2D eigenvalue weighted by atomic mass is 32.2. The third-order valence-electron chi connectivity index (χ3n) is 3.20. The molecule has 0 amide bonds. The summed E-state index contributed by atoms with van der Waals surface area (Å²) in [6, 6.07) is 5.37. The Morgan fingerprint density at radius 1 is 1.48 bits per heavy atom. The van der Waals surface area contributed by atoms with E-state index in [1.807, 2.05) is 6.92 Å². The lowest BCUT2D eigenvalue weighted by Gasteiger charge is -2.14. The molecule has 2 N–H and O–H groups in total. The topological polar surface area (TPSA) is 95.9 Å². The average Bonchev–Trinajstić information content (AvgIpc) is 2.94. The van der Waals surface area contributed by atoms with Crippen LogP contribution in [0.3, 0.4) is 0 Å². The number of nitrogens with two attached hydrogens (primary N) is 1. The van der Waals surface area contributed by atoms with Gasteiger partial charge in [-0.3, -0.25) is 4.21 Å². The van der Waals surface area contributed by atoms with Crippen molar-refractivity contribution < 1.29 is 8.95 Å². The summed E-state index contributed by atoms with van der Waals surface area (Å²) < 4.78 is 18.3. The molecular weight excluding hydrogens is 290 g/mol. The van der Waals surface area contributed by atoms with Crippen LogP contribution >= 0.6 is 0 Å². The van der Waals surface area contributed by atoms with Crippen molar-refractivity contribution in [2.24, 2.45) is 0 Å². The van der Waals surface area contributed by atoms with Crippen LogP contribution in [0.25, 0.3) is 11.4 Å². The van der Waals surface area contributed by atoms with E-state index >= 15 is 0 Å².